The Bertz CT molecular complexity index is 2180. The van der Waals surface area contributed by atoms with Gasteiger partial charge in [0.05, 0.1) is 17.5 Å². The van der Waals surface area contributed by atoms with Crippen molar-refractivity contribution in [1.29, 1.82) is 0 Å². The highest BCUT2D eigenvalue weighted by Gasteiger charge is 2.29. The molecule has 2 atom stereocenters. The number of carboxylic acids is 2. The van der Waals surface area contributed by atoms with Crippen LogP contribution in [0.2, 0.25) is 5.02 Å². The predicted octanol–water partition coefficient (Wildman–Crippen LogP) is 9.81. The second kappa shape index (κ2) is 15.4. The number of carbonyl (C=O) groups is 3. The topological polar surface area (TPSA) is 94.9 Å². The third kappa shape index (κ3) is 8.04. The Morgan fingerprint density at radius 3 is 1.82 bits per heavy atom. The quantitative estimate of drug-likeness (QED) is 0.126. The molecule has 6 aromatic rings. The fourth-order valence-electron chi connectivity index (χ4n) is 6.87. The van der Waals surface area contributed by atoms with Gasteiger partial charge >= 0.3 is 11.9 Å². The maximum atomic E-state index is 14.4. The van der Waals surface area contributed by atoms with Crippen molar-refractivity contribution < 1.29 is 24.6 Å². The van der Waals surface area contributed by atoms with Gasteiger partial charge in [-0.05, 0) is 100 Å². The van der Waals surface area contributed by atoms with Gasteiger partial charge in [0.2, 0.25) is 5.91 Å². The van der Waals surface area contributed by atoms with Gasteiger partial charge in [0.25, 0.3) is 0 Å². The number of hydrogen-bond donors (Lipinski definition) is 2. The van der Waals surface area contributed by atoms with Crippen LogP contribution >= 0.6 is 11.6 Å². The summed E-state index contributed by atoms with van der Waals surface area (Å²) < 4.78 is 0. The zero-order chi connectivity index (χ0) is 35.2. The van der Waals surface area contributed by atoms with Crippen LogP contribution in [0.5, 0.6) is 0 Å². The van der Waals surface area contributed by atoms with E-state index in [0.717, 1.165) is 41.2 Å². The maximum absolute atomic E-state index is 14.4. The second-order valence-corrected chi connectivity index (χ2v) is 13.3. The number of carboxylic acid groups (broad SMARTS) is 2. The lowest BCUT2D eigenvalue weighted by Crippen LogP contribution is -2.42. The van der Waals surface area contributed by atoms with E-state index in [1.165, 1.54) is 34.5 Å². The van der Waals surface area contributed by atoms with Gasteiger partial charge in [-0.25, -0.2) is 9.59 Å². The van der Waals surface area contributed by atoms with E-state index in [9.17, 15) is 24.6 Å². The molecule has 50 heavy (non-hydrogen) atoms. The molecule has 2 unspecified atom stereocenters. The lowest BCUT2D eigenvalue weighted by molar-refractivity contribution is -0.133. The molecular weight excluding hydrogens is 646 g/mol. The zero-order valence-electron chi connectivity index (χ0n) is 27.8. The molecule has 0 aliphatic rings. The van der Waals surface area contributed by atoms with Gasteiger partial charge in [-0.3, -0.25) is 4.79 Å². The van der Waals surface area contributed by atoms with Crippen LogP contribution in [0.15, 0.2) is 127 Å². The Balaban J connectivity index is 1.32. The van der Waals surface area contributed by atoms with Crippen molar-refractivity contribution >= 4 is 51.0 Å². The van der Waals surface area contributed by atoms with E-state index in [0.29, 0.717) is 17.1 Å². The van der Waals surface area contributed by atoms with E-state index in [4.69, 9.17) is 11.6 Å². The van der Waals surface area contributed by atoms with Crippen LogP contribution < -0.4 is 0 Å². The highest BCUT2D eigenvalue weighted by atomic mass is 35.5. The molecular formula is C43H38ClNO5. The highest BCUT2D eigenvalue weighted by Crippen LogP contribution is 2.32. The van der Waals surface area contributed by atoms with Crippen LogP contribution in [0.3, 0.4) is 0 Å². The monoisotopic (exact) mass is 683 g/mol. The van der Waals surface area contributed by atoms with Gasteiger partial charge in [0.1, 0.15) is 0 Å². The standard InChI is InChI=1S/C43H38ClNO5/c1-28(38(34-18-20-37(44)21-19-34)12-6-7-29-13-16-32-8-2-4-10-35(32)23-29)45(27-31-14-17-33-9-3-5-11-36(33)24-31)41(46)26-30-15-22-39(42(47)48)40(25-30)43(49)50/h2-5,8-11,13-25,28,38H,6-7,12,26-27H2,1H3,(H,47,48)(H,49,50). The number of fused-ring (bicyclic) bond motifs is 2. The summed E-state index contributed by atoms with van der Waals surface area (Å²) in [6.45, 7) is 2.42. The number of hydrogen-bond acceptors (Lipinski definition) is 3. The summed E-state index contributed by atoms with van der Waals surface area (Å²) in [7, 11) is 0. The molecule has 0 radical (unpaired) electrons. The summed E-state index contributed by atoms with van der Waals surface area (Å²) in [4.78, 5) is 39.8. The lowest BCUT2D eigenvalue weighted by Gasteiger charge is -2.36. The average molecular weight is 684 g/mol. The number of nitrogens with zero attached hydrogens (tertiary/aromatic N) is 1. The summed E-state index contributed by atoms with van der Waals surface area (Å²) in [6, 6.07) is 40.9. The number of benzene rings is 6. The number of halogens is 1. The number of amides is 1. The summed E-state index contributed by atoms with van der Waals surface area (Å²) in [5.41, 5.74) is 3.09. The summed E-state index contributed by atoms with van der Waals surface area (Å²) in [6.07, 6.45) is 2.51. The smallest absolute Gasteiger partial charge is 0.336 e. The molecule has 0 saturated heterocycles. The van der Waals surface area contributed by atoms with Crippen molar-refractivity contribution in [3.8, 4) is 0 Å². The van der Waals surface area contributed by atoms with Gasteiger partial charge in [-0.1, -0.05) is 109 Å². The van der Waals surface area contributed by atoms with E-state index in [1.807, 2.05) is 53.4 Å². The molecule has 0 bridgehead atoms. The minimum absolute atomic E-state index is 0.0268. The van der Waals surface area contributed by atoms with Crippen molar-refractivity contribution in [2.24, 2.45) is 0 Å². The van der Waals surface area contributed by atoms with Crippen LogP contribution in [0.4, 0.5) is 0 Å². The number of rotatable bonds is 13. The normalized spacial score (nSPS) is 12.4. The summed E-state index contributed by atoms with van der Waals surface area (Å²) in [5, 5.41) is 24.5. The van der Waals surface area contributed by atoms with Crippen LogP contribution in [0.1, 0.15) is 68.7 Å². The predicted molar refractivity (Wildman–Crippen MR) is 199 cm³/mol. The molecule has 6 rings (SSSR count). The molecule has 252 valence electrons. The van der Waals surface area contributed by atoms with E-state index in [1.54, 1.807) is 0 Å². The minimum atomic E-state index is -1.35. The molecule has 0 aromatic heterocycles. The number of aromatic carboxylic acids is 2. The van der Waals surface area contributed by atoms with Crippen LogP contribution in [-0.2, 0) is 24.2 Å². The fraction of sp³-hybridized carbons (Fsp3) is 0.186. The molecule has 0 fully saturated rings. The fourth-order valence-corrected chi connectivity index (χ4v) is 6.99. The largest absolute Gasteiger partial charge is 0.478 e. The second-order valence-electron chi connectivity index (χ2n) is 12.8. The molecule has 0 spiro atoms. The minimum Gasteiger partial charge on any atom is -0.478 e. The van der Waals surface area contributed by atoms with Crippen molar-refractivity contribution in [2.45, 2.75) is 51.1 Å². The molecule has 0 saturated carbocycles. The Morgan fingerprint density at radius 1 is 0.640 bits per heavy atom. The Labute approximate surface area is 296 Å². The van der Waals surface area contributed by atoms with E-state index < -0.39 is 11.9 Å². The molecule has 0 aliphatic heterocycles. The summed E-state index contributed by atoms with van der Waals surface area (Å²) in [5.74, 6) is -2.90. The van der Waals surface area contributed by atoms with Crippen molar-refractivity contribution in [1.82, 2.24) is 4.90 Å². The van der Waals surface area contributed by atoms with E-state index >= 15 is 0 Å². The van der Waals surface area contributed by atoms with E-state index in [2.05, 4.69) is 67.6 Å². The van der Waals surface area contributed by atoms with Gasteiger partial charge in [0.15, 0.2) is 0 Å². The van der Waals surface area contributed by atoms with Gasteiger partial charge < -0.3 is 15.1 Å². The van der Waals surface area contributed by atoms with Crippen LogP contribution in [0, 0.1) is 0 Å². The lowest BCUT2D eigenvalue weighted by atomic mass is 9.85. The Kier molecular flexibility index (Phi) is 10.6. The first-order valence-electron chi connectivity index (χ1n) is 16.8. The van der Waals surface area contributed by atoms with Crippen LogP contribution in [-0.4, -0.2) is 39.0 Å². The van der Waals surface area contributed by atoms with Gasteiger partial charge in [-0.15, -0.1) is 0 Å². The van der Waals surface area contributed by atoms with Gasteiger partial charge in [0, 0.05) is 23.5 Å². The molecule has 7 heteroatoms. The van der Waals surface area contributed by atoms with Crippen molar-refractivity contribution in [2.75, 3.05) is 0 Å². The first kappa shape index (κ1) is 34.4. The van der Waals surface area contributed by atoms with Crippen molar-refractivity contribution in [3.05, 3.63) is 166 Å². The third-order valence-electron chi connectivity index (χ3n) is 9.55. The average Bonchev–Trinajstić information content (AvgIpc) is 3.12. The molecule has 6 aromatic carbocycles. The molecule has 2 N–H and O–H groups in total. The Morgan fingerprint density at radius 2 is 1.20 bits per heavy atom. The van der Waals surface area contributed by atoms with Crippen molar-refractivity contribution in [3.63, 3.8) is 0 Å². The first-order chi connectivity index (χ1) is 24.2. The maximum Gasteiger partial charge on any atom is 0.336 e. The number of aryl methyl sites for hydroxylation is 1. The first-order valence-corrected chi connectivity index (χ1v) is 17.1. The number of carbonyl (C=O) groups excluding carboxylic acids is 1. The Hall–Kier alpha value is -5.46. The molecule has 0 aliphatic carbocycles. The molecule has 1 amide bonds. The molecule has 0 heterocycles. The van der Waals surface area contributed by atoms with E-state index in [-0.39, 0.29) is 35.4 Å². The summed E-state index contributed by atoms with van der Waals surface area (Å²) >= 11 is 6.31. The highest BCUT2D eigenvalue weighted by molar-refractivity contribution is 6.30. The van der Waals surface area contributed by atoms with Gasteiger partial charge in [-0.2, -0.15) is 0 Å². The van der Waals surface area contributed by atoms with Crippen LogP contribution in [0.25, 0.3) is 21.5 Å². The SMILES string of the molecule is CC(C(CCCc1ccc2ccccc2c1)c1ccc(Cl)cc1)N(Cc1ccc2ccccc2c1)C(=O)Cc1ccc(C(=O)O)c(C(=O)O)c1. The third-order valence-corrected chi connectivity index (χ3v) is 9.81. The zero-order valence-corrected chi connectivity index (χ0v) is 28.5. The molecule has 6 nitrogen and oxygen atoms in total.